The number of hydrogen-bond donors (Lipinski definition) is 1. The largest absolute Gasteiger partial charge is 0.487 e. The summed E-state index contributed by atoms with van der Waals surface area (Å²) in [6.45, 7) is 0.733. The standard InChI is InChI=1S/C8H9NO/c1-9-7-4-6-2-3-8(7)10-5-6/h2-4,9H,5H2,1H3. The van der Waals surface area contributed by atoms with E-state index in [-0.39, 0.29) is 0 Å². The first-order valence-electron chi connectivity index (χ1n) is 3.33. The minimum absolute atomic E-state index is 0.733. The van der Waals surface area contributed by atoms with E-state index in [1.807, 2.05) is 13.1 Å². The first-order chi connectivity index (χ1) is 4.90. The molecule has 2 aliphatic heterocycles. The molecular weight excluding hydrogens is 126 g/mol. The normalized spacial score (nSPS) is 12.9. The fourth-order valence-corrected chi connectivity index (χ4v) is 1.15. The van der Waals surface area contributed by atoms with Crippen molar-refractivity contribution in [1.82, 2.24) is 0 Å². The maximum Gasteiger partial charge on any atom is 0.142 e. The van der Waals surface area contributed by atoms with E-state index in [2.05, 4.69) is 17.4 Å². The molecular formula is C8H9NO. The third-order valence-electron chi connectivity index (χ3n) is 1.71. The van der Waals surface area contributed by atoms with Gasteiger partial charge in [0.05, 0.1) is 5.69 Å². The number of nitrogens with one attached hydrogen (secondary N) is 1. The van der Waals surface area contributed by atoms with Gasteiger partial charge in [0.1, 0.15) is 12.4 Å². The van der Waals surface area contributed by atoms with Gasteiger partial charge in [-0.3, -0.25) is 0 Å². The summed E-state index contributed by atoms with van der Waals surface area (Å²) in [5, 5.41) is 3.06. The molecule has 0 saturated carbocycles. The van der Waals surface area contributed by atoms with Crippen LogP contribution in [0.3, 0.4) is 0 Å². The van der Waals surface area contributed by atoms with E-state index >= 15 is 0 Å². The minimum Gasteiger partial charge on any atom is -0.487 e. The van der Waals surface area contributed by atoms with Crippen LogP contribution in [0.1, 0.15) is 5.56 Å². The summed E-state index contributed by atoms with van der Waals surface area (Å²) in [6, 6.07) is 6.18. The van der Waals surface area contributed by atoms with Gasteiger partial charge in [-0.1, -0.05) is 6.07 Å². The Bertz CT molecular complexity index is 257. The van der Waals surface area contributed by atoms with Crippen LogP contribution in [0.4, 0.5) is 5.69 Å². The average molecular weight is 135 g/mol. The Hall–Kier alpha value is -1.18. The van der Waals surface area contributed by atoms with Gasteiger partial charge in [0.15, 0.2) is 0 Å². The maximum atomic E-state index is 5.34. The van der Waals surface area contributed by atoms with Gasteiger partial charge in [-0.25, -0.2) is 0 Å². The highest BCUT2D eigenvalue weighted by atomic mass is 16.5. The molecule has 0 aliphatic carbocycles. The van der Waals surface area contributed by atoms with Gasteiger partial charge in [-0.15, -0.1) is 0 Å². The van der Waals surface area contributed by atoms with E-state index in [0.29, 0.717) is 0 Å². The van der Waals surface area contributed by atoms with E-state index in [1.54, 1.807) is 0 Å². The molecule has 2 heterocycles. The first kappa shape index (κ1) is 5.59. The average Bonchev–Trinajstić information content (AvgIpc) is 2.06. The minimum atomic E-state index is 0.733. The third-order valence-corrected chi connectivity index (χ3v) is 1.71. The molecule has 0 amide bonds. The molecule has 10 heavy (non-hydrogen) atoms. The molecule has 0 unspecified atom stereocenters. The molecule has 0 radical (unpaired) electrons. The number of benzene rings is 1. The SMILES string of the molecule is CNc1cc2ccc1OC2. The van der Waals surface area contributed by atoms with E-state index < -0.39 is 0 Å². The van der Waals surface area contributed by atoms with Crippen LogP contribution in [0, 0.1) is 0 Å². The molecule has 2 nitrogen and oxygen atoms in total. The molecule has 1 aromatic rings. The topological polar surface area (TPSA) is 21.3 Å². The van der Waals surface area contributed by atoms with Gasteiger partial charge < -0.3 is 10.1 Å². The fraction of sp³-hybridized carbons (Fsp3) is 0.250. The molecule has 52 valence electrons. The molecule has 1 aromatic carbocycles. The molecule has 3 rings (SSSR count). The van der Waals surface area contributed by atoms with Gasteiger partial charge in [0.25, 0.3) is 0 Å². The number of ether oxygens (including phenoxy) is 1. The molecule has 0 aromatic heterocycles. The second-order valence-corrected chi connectivity index (χ2v) is 2.37. The molecule has 2 bridgehead atoms. The summed E-state index contributed by atoms with van der Waals surface area (Å²) in [5.74, 6) is 0.956. The van der Waals surface area contributed by atoms with Crippen molar-refractivity contribution in [3.8, 4) is 5.75 Å². The Kier molecular flexibility index (Phi) is 1.07. The Morgan fingerprint density at radius 1 is 1.50 bits per heavy atom. The van der Waals surface area contributed by atoms with Crippen LogP contribution in [0.25, 0.3) is 0 Å². The van der Waals surface area contributed by atoms with Crippen molar-refractivity contribution in [3.63, 3.8) is 0 Å². The highest BCUT2D eigenvalue weighted by Crippen LogP contribution is 2.30. The van der Waals surface area contributed by atoms with Crippen molar-refractivity contribution in [3.05, 3.63) is 23.8 Å². The zero-order chi connectivity index (χ0) is 6.97. The lowest BCUT2D eigenvalue weighted by molar-refractivity contribution is 0.297. The molecule has 2 heteroatoms. The maximum absolute atomic E-state index is 5.34. The van der Waals surface area contributed by atoms with Gasteiger partial charge in [-0.2, -0.15) is 0 Å². The van der Waals surface area contributed by atoms with E-state index in [9.17, 15) is 0 Å². The van der Waals surface area contributed by atoms with Gasteiger partial charge in [0.2, 0.25) is 0 Å². The van der Waals surface area contributed by atoms with Crippen LogP contribution in [0.5, 0.6) is 5.75 Å². The van der Waals surface area contributed by atoms with Crippen molar-refractivity contribution in [2.75, 3.05) is 12.4 Å². The van der Waals surface area contributed by atoms with Crippen LogP contribution in [0.2, 0.25) is 0 Å². The van der Waals surface area contributed by atoms with Gasteiger partial charge in [0, 0.05) is 7.05 Å². The lowest BCUT2D eigenvalue weighted by atomic mass is 10.1. The Balaban J connectivity index is 2.55. The Labute approximate surface area is 59.8 Å². The second kappa shape index (κ2) is 1.90. The predicted octanol–water partition coefficient (Wildman–Crippen LogP) is 1.62. The Morgan fingerprint density at radius 2 is 2.40 bits per heavy atom. The predicted molar refractivity (Wildman–Crippen MR) is 40.3 cm³/mol. The van der Waals surface area contributed by atoms with E-state index in [4.69, 9.17) is 4.74 Å². The number of hydrogen-bond acceptors (Lipinski definition) is 2. The Morgan fingerprint density at radius 3 is 2.70 bits per heavy atom. The number of fused-ring (bicyclic) bond motifs is 3. The van der Waals surface area contributed by atoms with E-state index in [0.717, 1.165) is 18.0 Å². The van der Waals surface area contributed by atoms with Crippen LogP contribution in [-0.2, 0) is 6.61 Å². The van der Waals surface area contributed by atoms with Crippen molar-refractivity contribution < 1.29 is 4.74 Å². The summed E-state index contributed by atoms with van der Waals surface area (Å²) in [7, 11) is 1.90. The van der Waals surface area contributed by atoms with Gasteiger partial charge in [-0.05, 0) is 17.7 Å². The highest BCUT2D eigenvalue weighted by Gasteiger charge is 2.09. The summed E-state index contributed by atoms with van der Waals surface area (Å²) in [6.07, 6.45) is 0. The van der Waals surface area contributed by atoms with Crippen LogP contribution in [0.15, 0.2) is 18.2 Å². The molecule has 0 atom stereocenters. The second-order valence-electron chi connectivity index (χ2n) is 2.37. The van der Waals surface area contributed by atoms with Crippen molar-refractivity contribution in [2.24, 2.45) is 0 Å². The van der Waals surface area contributed by atoms with Crippen LogP contribution < -0.4 is 10.1 Å². The van der Waals surface area contributed by atoms with Crippen molar-refractivity contribution in [2.45, 2.75) is 6.61 Å². The zero-order valence-corrected chi connectivity index (χ0v) is 5.85. The summed E-state index contributed by atoms with van der Waals surface area (Å²) in [4.78, 5) is 0. The number of anilines is 1. The van der Waals surface area contributed by atoms with Crippen LogP contribution >= 0.6 is 0 Å². The third kappa shape index (κ3) is 0.652. The summed E-state index contributed by atoms with van der Waals surface area (Å²) < 4.78 is 5.34. The van der Waals surface area contributed by atoms with Crippen molar-refractivity contribution in [1.29, 1.82) is 0 Å². The molecule has 0 spiro atoms. The summed E-state index contributed by atoms with van der Waals surface area (Å²) >= 11 is 0. The molecule has 0 saturated heterocycles. The van der Waals surface area contributed by atoms with Gasteiger partial charge >= 0.3 is 0 Å². The first-order valence-corrected chi connectivity index (χ1v) is 3.33. The van der Waals surface area contributed by atoms with Crippen molar-refractivity contribution >= 4 is 5.69 Å². The monoisotopic (exact) mass is 135 g/mol. The molecule has 2 aliphatic rings. The highest BCUT2D eigenvalue weighted by molar-refractivity contribution is 5.59. The van der Waals surface area contributed by atoms with E-state index in [1.165, 1.54) is 5.56 Å². The van der Waals surface area contributed by atoms with Crippen LogP contribution in [-0.4, -0.2) is 7.05 Å². The lowest BCUT2D eigenvalue weighted by Gasteiger charge is -2.17. The molecule has 0 fully saturated rings. The fourth-order valence-electron chi connectivity index (χ4n) is 1.15. The summed E-state index contributed by atoms with van der Waals surface area (Å²) in [5.41, 5.74) is 2.32. The molecule has 1 N–H and O–H groups in total. The smallest absolute Gasteiger partial charge is 0.142 e. The number of rotatable bonds is 1. The zero-order valence-electron chi connectivity index (χ0n) is 5.85. The quantitative estimate of drug-likeness (QED) is 0.631. The lowest BCUT2D eigenvalue weighted by Crippen LogP contribution is -2.05.